The summed E-state index contributed by atoms with van der Waals surface area (Å²) in [6, 6.07) is 6.68. The lowest BCUT2D eigenvalue weighted by atomic mass is 10.2. The highest BCUT2D eigenvalue weighted by molar-refractivity contribution is 7.05. The minimum Gasteiger partial charge on any atom is -0.376 e. The summed E-state index contributed by atoms with van der Waals surface area (Å²) in [5, 5.41) is 10.9. The Kier molecular flexibility index (Phi) is 5.16. The summed E-state index contributed by atoms with van der Waals surface area (Å²) in [7, 11) is 0. The van der Waals surface area contributed by atoms with E-state index in [1.54, 1.807) is 24.3 Å². The van der Waals surface area contributed by atoms with Crippen LogP contribution in [0, 0.1) is 0 Å². The third-order valence-electron chi connectivity index (χ3n) is 2.74. The molecule has 1 unspecified atom stereocenters. The summed E-state index contributed by atoms with van der Waals surface area (Å²) >= 11 is 12.4. The van der Waals surface area contributed by atoms with Crippen LogP contribution in [0.1, 0.15) is 25.0 Å². The quantitative estimate of drug-likeness (QED) is 0.922. The zero-order valence-corrected chi connectivity index (χ0v) is 13.7. The van der Waals surface area contributed by atoms with Crippen LogP contribution in [0.25, 0.3) is 0 Å². The van der Waals surface area contributed by atoms with Gasteiger partial charge in [-0.2, -0.15) is 4.37 Å². The lowest BCUT2D eigenvalue weighted by Gasteiger charge is -2.28. The molecule has 1 aromatic heterocycles. The molecular weight excluding hydrogens is 333 g/mol. The molecule has 1 heterocycles. The van der Waals surface area contributed by atoms with Crippen LogP contribution in [0.5, 0.6) is 0 Å². The van der Waals surface area contributed by atoms with Gasteiger partial charge in [-0.1, -0.05) is 11.6 Å². The van der Waals surface area contributed by atoms with E-state index in [2.05, 4.69) is 9.36 Å². The molecule has 0 bridgehead atoms. The summed E-state index contributed by atoms with van der Waals surface area (Å²) in [6.45, 7) is 3.71. The van der Waals surface area contributed by atoms with Crippen LogP contribution in [0.15, 0.2) is 24.3 Å². The zero-order chi connectivity index (χ0) is 15.6. The maximum Gasteiger partial charge on any atom is 0.263 e. The second kappa shape index (κ2) is 6.70. The highest BCUT2D eigenvalue weighted by Crippen LogP contribution is 2.26. The highest BCUT2D eigenvalue weighted by Gasteiger charge is 2.29. The maximum absolute atomic E-state index is 12.5. The van der Waals surface area contributed by atoms with Crippen molar-refractivity contribution in [2.45, 2.75) is 26.0 Å². The maximum atomic E-state index is 12.5. The molecule has 0 aliphatic heterocycles. The Morgan fingerprint density at radius 1 is 1.29 bits per heavy atom. The van der Waals surface area contributed by atoms with Gasteiger partial charge in [0.25, 0.3) is 5.91 Å². The first-order valence-corrected chi connectivity index (χ1v) is 7.69. The van der Waals surface area contributed by atoms with Crippen LogP contribution in [-0.2, 0) is 4.79 Å². The molecule has 0 spiro atoms. The average molecular weight is 346 g/mol. The first-order valence-electron chi connectivity index (χ1n) is 6.16. The SMILES string of the molecule is CC(C)N(C(=O)C(O)c1nc(Cl)ns1)c1ccc(Cl)cc1. The van der Waals surface area contributed by atoms with Crippen molar-refractivity contribution in [2.24, 2.45) is 0 Å². The van der Waals surface area contributed by atoms with Gasteiger partial charge in [-0.05, 0) is 61.2 Å². The van der Waals surface area contributed by atoms with E-state index in [4.69, 9.17) is 23.2 Å². The van der Waals surface area contributed by atoms with E-state index in [9.17, 15) is 9.90 Å². The Morgan fingerprint density at radius 3 is 2.38 bits per heavy atom. The molecule has 1 N–H and O–H groups in total. The van der Waals surface area contributed by atoms with E-state index in [-0.39, 0.29) is 16.3 Å². The van der Waals surface area contributed by atoms with E-state index in [0.29, 0.717) is 10.7 Å². The van der Waals surface area contributed by atoms with Gasteiger partial charge < -0.3 is 10.0 Å². The molecular formula is C13H13Cl2N3O2S. The van der Waals surface area contributed by atoms with Crippen molar-refractivity contribution < 1.29 is 9.90 Å². The predicted octanol–water partition coefficient (Wildman–Crippen LogP) is 3.32. The van der Waals surface area contributed by atoms with Crippen molar-refractivity contribution in [3.63, 3.8) is 0 Å². The third kappa shape index (κ3) is 3.71. The van der Waals surface area contributed by atoms with Crippen LogP contribution in [0.4, 0.5) is 5.69 Å². The van der Waals surface area contributed by atoms with Crippen LogP contribution < -0.4 is 4.90 Å². The van der Waals surface area contributed by atoms with Crippen molar-refractivity contribution in [1.82, 2.24) is 9.36 Å². The Bertz CT molecular complexity index is 631. The standard InChI is InChI=1S/C13H13Cl2N3O2S/c1-7(2)18(9-5-3-8(14)4-6-9)12(20)10(19)11-16-13(15)17-21-11/h3-7,10,19H,1-2H3. The molecule has 0 saturated heterocycles. The number of aromatic nitrogens is 2. The number of hydrogen-bond donors (Lipinski definition) is 1. The monoisotopic (exact) mass is 345 g/mol. The van der Waals surface area contributed by atoms with E-state index >= 15 is 0 Å². The minimum atomic E-state index is -1.40. The fraction of sp³-hybridized carbons (Fsp3) is 0.308. The van der Waals surface area contributed by atoms with E-state index in [1.807, 2.05) is 13.8 Å². The molecule has 1 aromatic carbocycles. The molecule has 0 aliphatic rings. The second-order valence-electron chi connectivity index (χ2n) is 4.58. The van der Waals surface area contributed by atoms with Gasteiger partial charge in [0.15, 0.2) is 11.1 Å². The normalized spacial score (nSPS) is 12.5. The minimum absolute atomic E-state index is 0.0180. The van der Waals surface area contributed by atoms with Gasteiger partial charge in [0, 0.05) is 16.8 Å². The predicted molar refractivity (Wildman–Crippen MR) is 84.0 cm³/mol. The van der Waals surface area contributed by atoms with Gasteiger partial charge in [0.05, 0.1) is 0 Å². The lowest BCUT2D eigenvalue weighted by molar-refractivity contribution is -0.127. The average Bonchev–Trinajstić information content (AvgIpc) is 2.86. The molecule has 0 radical (unpaired) electrons. The fourth-order valence-corrected chi connectivity index (χ4v) is 2.75. The molecule has 0 aliphatic carbocycles. The number of benzene rings is 1. The summed E-state index contributed by atoms with van der Waals surface area (Å²) in [5.74, 6) is -0.486. The molecule has 8 heteroatoms. The number of carbonyl (C=O) groups excluding carboxylic acids is 1. The summed E-state index contributed by atoms with van der Waals surface area (Å²) in [6.07, 6.45) is -1.40. The van der Waals surface area contributed by atoms with Crippen LogP contribution in [0.3, 0.4) is 0 Å². The van der Waals surface area contributed by atoms with Gasteiger partial charge in [-0.15, -0.1) is 0 Å². The molecule has 0 fully saturated rings. The van der Waals surface area contributed by atoms with Gasteiger partial charge in [0.2, 0.25) is 5.28 Å². The van der Waals surface area contributed by atoms with Crippen molar-refractivity contribution in [3.8, 4) is 0 Å². The molecule has 0 saturated carbocycles. The first kappa shape index (κ1) is 16.2. The number of nitrogens with zero attached hydrogens (tertiary/aromatic N) is 3. The van der Waals surface area contributed by atoms with Crippen molar-refractivity contribution in [1.29, 1.82) is 0 Å². The van der Waals surface area contributed by atoms with Crippen molar-refractivity contribution >= 4 is 46.3 Å². The number of anilines is 1. The van der Waals surface area contributed by atoms with Crippen molar-refractivity contribution in [2.75, 3.05) is 4.90 Å². The number of aliphatic hydroxyl groups is 1. The Morgan fingerprint density at radius 2 is 1.90 bits per heavy atom. The third-order valence-corrected chi connectivity index (χ3v) is 4.03. The Labute approximate surface area is 136 Å². The van der Waals surface area contributed by atoms with E-state index in [0.717, 1.165) is 11.5 Å². The number of aliphatic hydroxyl groups excluding tert-OH is 1. The molecule has 112 valence electrons. The second-order valence-corrected chi connectivity index (χ2v) is 6.14. The lowest BCUT2D eigenvalue weighted by Crippen LogP contribution is -2.40. The molecule has 1 amide bonds. The van der Waals surface area contributed by atoms with Gasteiger partial charge in [-0.3, -0.25) is 4.79 Å². The highest BCUT2D eigenvalue weighted by atomic mass is 35.5. The van der Waals surface area contributed by atoms with E-state index in [1.165, 1.54) is 4.90 Å². The van der Waals surface area contributed by atoms with Crippen LogP contribution in [0.2, 0.25) is 10.3 Å². The summed E-state index contributed by atoms with van der Waals surface area (Å²) < 4.78 is 3.76. The number of halogens is 2. The number of rotatable bonds is 4. The zero-order valence-electron chi connectivity index (χ0n) is 11.3. The van der Waals surface area contributed by atoms with Crippen molar-refractivity contribution in [3.05, 3.63) is 39.6 Å². The molecule has 21 heavy (non-hydrogen) atoms. The number of carbonyl (C=O) groups is 1. The topological polar surface area (TPSA) is 66.3 Å². The van der Waals surface area contributed by atoms with Gasteiger partial charge in [-0.25, -0.2) is 4.98 Å². The molecule has 5 nitrogen and oxygen atoms in total. The summed E-state index contributed by atoms with van der Waals surface area (Å²) in [5.41, 5.74) is 0.647. The van der Waals surface area contributed by atoms with Gasteiger partial charge >= 0.3 is 0 Å². The fourth-order valence-electron chi connectivity index (χ4n) is 1.85. The summed E-state index contributed by atoms with van der Waals surface area (Å²) in [4.78, 5) is 17.8. The largest absolute Gasteiger partial charge is 0.376 e. The van der Waals surface area contributed by atoms with Gasteiger partial charge in [0.1, 0.15) is 0 Å². The molecule has 2 aromatic rings. The first-order chi connectivity index (χ1) is 9.90. The Hall–Kier alpha value is -1.21. The number of amides is 1. The molecule has 2 rings (SSSR count). The molecule has 1 atom stereocenters. The smallest absolute Gasteiger partial charge is 0.263 e. The van der Waals surface area contributed by atoms with E-state index < -0.39 is 12.0 Å². The van der Waals surface area contributed by atoms with Crippen LogP contribution >= 0.6 is 34.7 Å². The van der Waals surface area contributed by atoms with Crippen LogP contribution in [-0.4, -0.2) is 26.4 Å². The Balaban J connectivity index is 2.29. The number of hydrogen-bond acceptors (Lipinski definition) is 5.